The van der Waals surface area contributed by atoms with Gasteiger partial charge in [-0.2, -0.15) is 10.2 Å². The van der Waals surface area contributed by atoms with Crippen molar-refractivity contribution in [3.63, 3.8) is 0 Å². The molecule has 0 unspecified atom stereocenters. The number of benzene rings is 1. The largest absolute Gasteiger partial charge is 0.305 e. The molecule has 0 aliphatic rings. The summed E-state index contributed by atoms with van der Waals surface area (Å²) in [5.41, 5.74) is 3.23. The highest BCUT2D eigenvalue weighted by molar-refractivity contribution is 6.30. The molecule has 2 heterocycles. The number of rotatable bonds is 4. The summed E-state index contributed by atoms with van der Waals surface area (Å²) >= 11 is 6.01. The van der Waals surface area contributed by atoms with E-state index in [0.717, 1.165) is 11.3 Å². The number of nitrogens with zero attached hydrogens (tertiary/aromatic N) is 4. The number of nitrogens with one attached hydrogen (secondary N) is 1. The fourth-order valence-electron chi connectivity index (χ4n) is 2.55. The van der Waals surface area contributed by atoms with E-state index in [4.69, 9.17) is 11.6 Å². The van der Waals surface area contributed by atoms with Crippen LogP contribution in [0.2, 0.25) is 5.02 Å². The first kappa shape index (κ1) is 16.3. The summed E-state index contributed by atoms with van der Waals surface area (Å²) in [6.07, 6.45) is 1.69. The van der Waals surface area contributed by atoms with Gasteiger partial charge >= 0.3 is 0 Å². The Labute approximate surface area is 145 Å². The van der Waals surface area contributed by atoms with Gasteiger partial charge in [0.1, 0.15) is 0 Å². The fraction of sp³-hybridized carbons (Fsp3) is 0.235. The van der Waals surface area contributed by atoms with Crippen molar-refractivity contribution >= 4 is 23.3 Å². The summed E-state index contributed by atoms with van der Waals surface area (Å²) < 4.78 is 3.45. The highest BCUT2D eigenvalue weighted by Crippen LogP contribution is 2.16. The van der Waals surface area contributed by atoms with Crippen LogP contribution in [-0.2, 0) is 13.6 Å². The molecule has 3 rings (SSSR count). The van der Waals surface area contributed by atoms with Gasteiger partial charge in [0, 0.05) is 30.0 Å². The molecular weight excluding hydrogens is 326 g/mol. The van der Waals surface area contributed by atoms with Crippen molar-refractivity contribution in [3.8, 4) is 0 Å². The molecule has 0 radical (unpaired) electrons. The highest BCUT2D eigenvalue weighted by Gasteiger charge is 2.14. The van der Waals surface area contributed by atoms with E-state index in [1.54, 1.807) is 24.9 Å². The van der Waals surface area contributed by atoms with E-state index < -0.39 is 0 Å². The van der Waals surface area contributed by atoms with Gasteiger partial charge in [0.25, 0.3) is 5.91 Å². The Kier molecular flexibility index (Phi) is 4.40. The van der Waals surface area contributed by atoms with Crippen LogP contribution in [0.15, 0.2) is 36.5 Å². The average molecular weight is 344 g/mol. The number of amides is 1. The van der Waals surface area contributed by atoms with E-state index >= 15 is 0 Å². The summed E-state index contributed by atoms with van der Waals surface area (Å²) in [6, 6.07) is 9.48. The zero-order valence-corrected chi connectivity index (χ0v) is 14.5. The van der Waals surface area contributed by atoms with Crippen LogP contribution in [-0.4, -0.2) is 25.5 Å². The van der Waals surface area contributed by atoms with Gasteiger partial charge in [-0.3, -0.25) is 14.2 Å². The molecule has 0 spiro atoms. The molecule has 0 saturated heterocycles. The number of aromatic nitrogens is 4. The summed E-state index contributed by atoms with van der Waals surface area (Å²) in [4.78, 5) is 12.3. The molecule has 0 saturated carbocycles. The van der Waals surface area contributed by atoms with Crippen LogP contribution in [0.25, 0.3) is 0 Å². The molecule has 1 aromatic carbocycles. The molecule has 1 amide bonds. The van der Waals surface area contributed by atoms with Crippen LogP contribution in [0.4, 0.5) is 5.82 Å². The number of aryl methyl sites for hydroxylation is 3. The lowest BCUT2D eigenvalue weighted by molar-refractivity contribution is 0.102. The second-order valence-electron chi connectivity index (χ2n) is 5.71. The summed E-state index contributed by atoms with van der Waals surface area (Å²) in [5, 5.41) is 12.1. The Morgan fingerprint density at radius 3 is 2.71 bits per heavy atom. The lowest BCUT2D eigenvalue weighted by atomic mass is 10.2. The maximum Gasteiger partial charge on any atom is 0.260 e. The predicted octanol–water partition coefficient (Wildman–Crippen LogP) is 3.19. The highest BCUT2D eigenvalue weighted by atomic mass is 35.5. The van der Waals surface area contributed by atoms with Gasteiger partial charge in [-0.1, -0.05) is 23.7 Å². The van der Waals surface area contributed by atoms with E-state index in [1.165, 1.54) is 0 Å². The van der Waals surface area contributed by atoms with Gasteiger partial charge in [0.05, 0.1) is 17.8 Å². The standard InChI is InChI=1S/C17H18ClN5O/c1-11-7-16(19-17(24)15-10-22(3)20-12(15)2)21-23(11)9-13-5-4-6-14(18)8-13/h4-8,10H,9H2,1-3H3,(H,19,21,24). The van der Waals surface area contributed by atoms with Crippen LogP contribution < -0.4 is 5.32 Å². The van der Waals surface area contributed by atoms with Crippen LogP contribution in [0.5, 0.6) is 0 Å². The van der Waals surface area contributed by atoms with E-state index in [-0.39, 0.29) is 5.91 Å². The van der Waals surface area contributed by atoms with Crippen LogP contribution in [0.1, 0.15) is 27.3 Å². The van der Waals surface area contributed by atoms with E-state index in [0.29, 0.717) is 28.6 Å². The number of hydrogen-bond acceptors (Lipinski definition) is 3. The fourth-order valence-corrected chi connectivity index (χ4v) is 2.76. The number of anilines is 1. The van der Waals surface area contributed by atoms with Gasteiger partial charge in [0.15, 0.2) is 5.82 Å². The smallest absolute Gasteiger partial charge is 0.260 e. The molecule has 124 valence electrons. The second-order valence-corrected chi connectivity index (χ2v) is 6.15. The maximum absolute atomic E-state index is 12.3. The third-order valence-electron chi connectivity index (χ3n) is 3.70. The zero-order chi connectivity index (χ0) is 17.3. The topological polar surface area (TPSA) is 64.7 Å². The normalized spacial score (nSPS) is 10.8. The van der Waals surface area contributed by atoms with Crippen LogP contribution in [0, 0.1) is 13.8 Å². The first-order valence-corrected chi connectivity index (χ1v) is 7.90. The van der Waals surface area contributed by atoms with Gasteiger partial charge in [0.2, 0.25) is 0 Å². The maximum atomic E-state index is 12.3. The number of halogens is 1. The van der Waals surface area contributed by atoms with E-state index in [1.807, 2.05) is 41.9 Å². The van der Waals surface area contributed by atoms with Crippen molar-refractivity contribution in [1.82, 2.24) is 19.6 Å². The molecule has 6 nitrogen and oxygen atoms in total. The quantitative estimate of drug-likeness (QED) is 0.791. The Bertz CT molecular complexity index is 896. The van der Waals surface area contributed by atoms with Crippen LogP contribution in [0.3, 0.4) is 0 Å². The third-order valence-corrected chi connectivity index (χ3v) is 3.94. The summed E-state index contributed by atoms with van der Waals surface area (Å²) in [6.45, 7) is 4.34. The Balaban J connectivity index is 1.76. The van der Waals surface area contributed by atoms with Crippen molar-refractivity contribution in [2.75, 3.05) is 5.32 Å². The molecular formula is C17H18ClN5O. The minimum Gasteiger partial charge on any atom is -0.305 e. The Morgan fingerprint density at radius 1 is 1.25 bits per heavy atom. The first-order valence-electron chi connectivity index (χ1n) is 7.53. The first-order chi connectivity index (χ1) is 11.4. The molecule has 24 heavy (non-hydrogen) atoms. The predicted molar refractivity (Wildman–Crippen MR) is 93.4 cm³/mol. The molecule has 0 atom stereocenters. The lowest BCUT2D eigenvalue weighted by Gasteiger charge is -2.05. The average Bonchev–Trinajstić information content (AvgIpc) is 3.01. The van der Waals surface area contributed by atoms with E-state index in [2.05, 4.69) is 15.5 Å². The summed E-state index contributed by atoms with van der Waals surface area (Å²) in [5.74, 6) is 0.302. The van der Waals surface area contributed by atoms with Crippen molar-refractivity contribution in [1.29, 1.82) is 0 Å². The van der Waals surface area contributed by atoms with Gasteiger partial charge < -0.3 is 5.32 Å². The minimum absolute atomic E-state index is 0.215. The Hall–Kier alpha value is -2.60. The molecule has 3 aromatic rings. The SMILES string of the molecule is Cc1nn(C)cc1C(=O)Nc1cc(C)n(Cc2cccc(Cl)c2)n1. The van der Waals surface area contributed by atoms with Gasteiger partial charge in [-0.25, -0.2) is 0 Å². The molecule has 1 N–H and O–H groups in total. The third kappa shape index (κ3) is 3.49. The van der Waals surface area contributed by atoms with Crippen molar-refractivity contribution in [2.24, 2.45) is 7.05 Å². The minimum atomic E-state index is -0.215. The summed E-state index contributed by atoms with van der Waals surface area (Å²) in [7, 11) is 1.79. The Morgan fingerprint density at radius 2 is 2.04 bits per heavy atom. The van der Waals surface area contributed by atoms with Crippen molar-refractivity contribution in [3.05, 3.63) is 64.1 Å². The second kappa shape index (κ2) is 6.49. The molecule has 0 bridgehead atoms. The van der Waals surface area contributed by atoms with Gasteiger partial charge in [-0.05, 0) is 31.5 Å². The zero-order valence-electron chi connectivity index (χ0n) is 13.7. The number of carbonyl (C=O) groups excluding carboxylic acids is 1. The molecule has 7 heteroatoms. The van der Waals surface area contributed by atoms with Crippen molar-refractivity contribution in [2.45, 2.75) is 20.4 Å². The monoisotopic (exact) mass is 343 g/mol. The lowest BCUT2D eigenvalue weighted by Crippen LogP contribution is -2.13. The van der Waals surface area contributed by atoms with Crippen molar-refractivity contribution < 1.29 is 4.79 Å². The van der Waals surface area contributed by atoms with E-state index in [9.17, 15) is 4.79 Å². The molecule has 2 aromatic heterocycles. The molecule has 0 aliphatic heterocycles. The number of carbonyl (C=O) groups is 1. The van der Waals surface area contributed by atoms with Gasteiger partial charge in [-0.15, -0.1) is 0 Å². The molecule has 0 aliphatic carbocycles. The number of hydrogen-bond donors (Lipinski definition) is 1. The molecule has 0 fully saturated rings. The van der Waals surface area contributed by atoms with Crippen LogP contribution >= 0.6 is 11.6 Å².